The van der Waals surface area contributed by atoms with Crippen LogP contribution >= 0.6 is 0 Å². The summed E-state index contributed by atoms with van der Waals surface area (Å²) in [7, 11) is 0. The van der Waals surface area contributed by atoms with Gasteiger partial charge in [-0.05, 0) is 56.4 Å². The number of hydrogen-bond acceptors (Lipinski definition) is 6. The van der Waals surface area contributed by atoms with E-state index in [0.717, 1.165) is 16.9 Å². The lowest BCUT2D eigenvalue weighted by Gasteiger charge is -2.15. The Labute approximate surface area is 147 Å². The Morgan fingerprint density at radius 3 is 2.72 bits per heavy atom. The summed E-state index contributed by atoms with van der Waals surface area (Å²) >= 11 is 0. The van der Waals surface area contributed by atoms with Crippen LogP contribution in [0.1, 0.15) is 34.6 Å². The smallest absolute Gasteiger partial charge is 0.269 e. The van der Waals surface area contributed by atoms with E-state index in [1.54, 1.807) is 6.20 Å². The molecule has 6 N–H and O–H groups in total. The number of amides is 1. The number of anilines is 3. The van der Waals surface area contributed by atoms with Crippen molar-refractivity contribution in [3.05, 3.63) is 41.3 Å². The average molecular weight is 340 g/mol. The normalized spacial score (nSPS) is 14.8. The van der Waals surface area contributed by atoms with Crippen LogP contribution in [-0.4, -0.2) is 28.5 Å². The summed E-state index contributed by atoms with van der Waals surface area (Å²) in [6.45, 7) is 4.58. The van der Waals surface area contributed by atoms with Crippen molar-refractivity contribution in [2.24, 2.45) is 17.4 Å². The molecule has 1 saturated carbocycles. The van der Waals surface area contributed by atoms with Crippen LogP contribution in [0.3, 0.4) is 0 Å². The van der Waals surface area contributed by atoms with Crippen LogP contribution in [0.5, 0.6) is 0 Å². The number of pyridine rings is 2. The molecule has 132 valence electrons. The molecule has 1 aliphatic carbocycles. The number of carbonyl (C=O) groups excluding carboxylic acids is 1. The maximum Gasteiger partial charge on any atom is 0.269 e. The molecule has 0 spiro atoms. The zero-order chi connectivity index (χ0) is 18.0. The molecule has 25 heavy (non-hydrogen) atoms. The first-order chi connectivity index (χ1) is 11.9. The van der Waals surface area contributed by atoms with Gasteiger partial charge in [0.25, 0.3) is 5.91 Å². The zero-order valence-electron chi connectivity index (χ0n) is 14.5. The SMILES string of the molecule is Cc1cc(C)nc(Nc2cc(NCC(N)C3CC3)cnc2C(N)=O)c1. The van der Waals surface area contributed by atoms with E-state index >= 15 is 0 Å². The van der Waals surface area contributed by atoms with Gasteiger partial charge in [0.05, 0.1) is 17.6 Å². The highest BCUT2D eigenvalue weighted by molar-refractivity contribution is 5.97. The van der Waals surface area contributed by atoms with Crippen molar-refractivity contribution in [2.75, 3.05) is 17.2 Å². The van der Waals surface area contributed by atoms with Crippen LogP contribution in [0, 0.1) is 19.8 Å². The molecule has 1 atom stereocenters. The number of nitrogens with two attached hydrogens (primary N) is 2. The van der Waals surface area contributed by atoms with E-state index in [-0.39, 0.29) is 11.7 Å². The Bertz CT molecular complexity index is 767. The predicted octanol–water partition coefficient (Wildman–Crippen LogP) is 2.09. The minimum absolute atomic E-state index is 0.133. The molecular weight excluding hydrogens is 316 g/mol. The van der Waals surface area contributed by atoms with Crippen LogP contribution in [0.2, 0.25) is 0 Å². The molecule has 1 aliphatic rings. The number of hydrogen-bond donors (Lipinski definition) is 4. The Morgan fingerprint density at radius 2 is 2.08 bits per heavy atom. The van der Waals surface area contributed by atoms with Crippen molar-refractivity contribution >= 4 is 23.1 Å². The van der Waals surface area contributed by atoms with Crippen LogP contribution in [0.4, 0.5) is 17.2 Å². The maximum absolute atomic E-state index is 11.7. The lowest BCUT2D eigenvalue weighted by Crippen LogP contribution is -2.31. The fourth-order valence-electron chi connectivity index (χ4n) is 2.82. The highest BCUT2D eigenvalue weighted by atomic mass is 16.1. The second kappa shape index (κ2) is 7.06. The molecule has 1 fully saturated rings. The number of nitrogens with one attached hydrogen (secondary N) is 2. The van der Waals surface area contributed by atoms with Gasteiger partial charge in [-0.1, -0.05) is 0 Å². The molecule has 2 aromatic rings. The van der Waals surface area contributed by atoms with E-state index in [2.05, 4.69) is 20.6 Å². The topological polar surface area (TPSA) is 119 Å². The molecule has 3 rings (SSSR count). The van der Waals surface area contributed by atoms with Crippen molar-refractivity contribution in [1.29, 1.82) is 0 Å². The summed E-state index contributed by atoms with van der Waals surface area (Å²) in [5, 5.41) is 6.43. The fraction of sp³-hybridized carbons (Fsp3) is 0.389. The van der Waals surface area contributed by atoms with Crippen molar-refractivity contribution < 1.29 is 4.79 Å². The monoisotopic (exact) mass is 340 g/mol. The van der Waals surface area contributed by atoms with Gasteiger partial charge < -0.3 is 22.1 Å². The molecule has 0 aliphatic heterocycles. The van der Waals surface area contributed by atoms with Crippen LogP contribution < -0.4 is 22.1 Å². The van der Waals surface area contributed by atoms with Gasteiger partial charge in [0.2, 0.25) is 0 Å². The molecule has 1 unspecified atom stereocenters. The number of aromatic nitrogens is 2. The standard InChI is InChI=1S/C18H24N6O/c1-10-5-11(2)23-16(6-10)24-15-7-13(8-22-17(15)18(20)25)21-9-14(19)12-3-4-12/h5-8,12,14,21H,3-4,9,19H2,1-2H3,(H2,20,25)(H,23,24). The van der Waals surface area contributed by atoms with Gasteiger partial charge in [-0.3, -0.25) is 4.79 Å². The minimum atomic E-state index is -0.590. The predicted molar refractivity (Wildman–Crippen MR) is 98.9 cm³/mol. The molecule has 0 saturated heterocycles. The number of carbonyl (C=O) groups is 1. The van der Waals surface area contributed by atoms with E-state index in [1.165, 1.54) is 12.8 Å². The molecule has 0 aromatic carbocycles. The molecule has 7 nitrogen and oxygen atoms in total. The largest absolute Gasteiger partial charge is 0.382 e. The summed E-state index contributed by atoms with van der Waals surface area (Å²) in [6.07, 6.45) is 4.00. The third kappa shape index (κ3) is 4.45. The number of aryl methyl sites for hydroxylation is 2. The minimum Gasteiger partial charge on any atom is -0.382 e. The summed E-state index contributed by atoms with van der Waals surface area (Å²) in [5.74, 6) is 0.671. The molecule has 2 aromatic heterocycles. The van der Waals surface area contributed by atoms with Gasteiger partial charge in [0.15, 0.2) is 5.69 Å². The van der Waals surface area contributed by atoms with E-state index in [0.29, 0.717) is 24.0 Å². The molecule has 2 heterocycles. The molecule has 0 bridgehead atoms. The van der Waals surface area contributed by atoms with E-state index in [4.69, 9.17) is 11.5 Å². The third-order valence-corrected chi connectivity index (χ3v) is 4.25. The van der Waals surface area contributed by atoms with E-state index < -0.39 is 5.91 Å². The summed E-state index contributed by atoms with van der Waals surface area (Å²) < 4.78 is 0. The van der Waals surface area contributed by atoms with Crippen molar-refractivity contribution in [1.82, 2.24) is 9.97 Å². The lowest BCUT2D eigenvalue weighted by atomic mass is 10.2. The van der Waals surface area contributed by atoms with Crippen LogP contribution in [0.25, 0.3) is 0 Å². The van der Waals surface area contributed by atoms with Gasteiger partial charge in [-0.2, -0.15) is 0 Å². The first-order valence-corrected chi connectivity index (χ1v) is 8.44. The van der Waals surface area contributed by atoms with Crippen molar-refractivity contribution in [3.8, 4) is 0 Å². The van der Waals surface area contributed by atoms with Gasteiger partial charge in [-0.15, -0.1) is 0 Å². The Morgan fingerprint density at radius 1 is 1.32 bits per heavy atom. The van der Waals surface area contributed by atoms with E-state index in [9.17, 15) is 4.79 Å². The van der Waals surface area contributed by atoms with Crippen LogP contribution in [0.15, 0.2) is 24.4 Å². The second-order valence-corrected chi connectivity index (χ2v) is 6.66. The second-order valence-electron chi connectivity index (χ2n) is 6.66. The molecule has 1 amide bonds. The van der Waals surface area contributed by atoms with Gasteiger partial charge in [0.1, 0.15) is 5.82 Å². The zero-order valence-corrected chi connectivity index (χ0v) is 14.5. The number of primary amides is 1. The summed E-state index contributed by atoms with van der Waals surface area (Å²) in [4.78, 5) is 20.3. The molecule has 0 radical (unpaired) electrons. The third-order valence-electron chi connectivity index (χ3n) is 4.25. The lowest BCUT2D eigenvalue weighted by molar-refractivity contribution is 0.0996. The Balaban J connectivity index is 1.81. The highest BCUT2D eigenvalue weighted by Crippen LogP contribution is 2.31. The average Bonchev–Trinajstić information content (AvgIpc) is 3.36. The highest BCUT2D eigenvalue weighted by Gasteiger charge is 2.28. The molecular formula is C18H24N6O. The van der Waals surface area contributed by atoms with Crippen molar-refractivity contribution in [2.45, 2.75) is 32.7 Å². The fourth-order valence-corrected chi connectivity index (χ4v) is 2.82. The van der Waals surface area contributed by atoms with Crippen LogP contribution in [-0.2, 0) is 0 Å². The quantitative estimate of drug-likeness (QED) is 0.613. The van der Waals surface area contributed by atoms with Gasteiger partial charge >= 0.3 is 0 Å². The maximum atomic E-state index is 11.7. The summed E-state index contributed by atoms with van der Waals surface area (Å²) in [6, 6.07) is 5.83. The first-order valence-electron chi connectivity index (χ1n) is 8.44. The van der Waals surface area contributed by atoms with Crippen molar-refractivity contribution in [3.63, 3.8) is 0 Å². The first kappa shape index (κ1) is 17.2. The Hall–Kier alpha value is -2.67. The molecule has 7 heteroatoms. The summed E-state index contributed by atoms with van der Waals surface area (Å²) in [5.41, 5.74) is 15.0. The van der Waals surface area contributed by atoms with Gasteiger partial charge in [0, 0.05) is 18.3 Å². The van der Waals surface area contributed by atoms with E-state index in [1.807, 2.05) is 32.0 Å². The number of rotatable bonds is 7. The number of nitrogens with zero attached hydrogens (tertiary/aromatic N) is 2. The Kier molecular flexibility index (Phi) is 4.85. The van der Waals surface area contributed by atoms with Gasteiger partial charge in [-0.25, -0.2) is 9.97 Å².